The molecule has 0 bridgehead atoms. The molecule has 2 fully saturated rings. The van der Waals surface area contributed by atoms with Crippen LogP contribution in [0.5, 0.6) is 0 Å². The second-order valence-corrected chi connectivity index (χ2v) is 6.51. The number of rotatable bonds is 4. The summed E-state index contributed by atoms with van der Waals surface area (Å²) in [6, 6.07) is 0. The van der Waals surface area contributed by atoms with Gasteiger partial charge in [0.15, 0.2) is 0 Å². The molecular weight excluding hydrogens is 314 g/mol. The van der Waals surface area contributed by atoms with Gasteiger partial charge in [-0.25, -0.2) is 0 Å². The highest BCUT2D eigenvalue weighted by Gasteiger charge is 2.57. The first-order valence-electron chi connectivity index (χ1n) is 6.93. The molecule has 0 saturated carbocycles. The zero-order valence-electron chi connectivity index (χ0n) is 12.2. The number of carbonyl (C=O) groups excluding carboxylic acids is 1. The topological polar surface area (TPSA) is 64.5 Å². The van der Waals surface area contributed by atoms with Crippen LogP contribution < -0.4 is 4.90 Å². The number of carbonyl (C=O) groups is 1. The van der Waals surface area contributed by atoms with Crippen molar-refractivity contribution in [1.29, 1.82) is 0 Å². The number of aromatic nitrogens is 2. The first kappa shape index (κ1) is 16.5. The van der Waals surface area contributed by atoms with E-state index in [1.807, 2.05) is 0 Å². The number of esters is 1. The van der Waals surface area contributed by atoms with Gasteiger partial charge in [0.25, 0.3) is 0 Å². The Bertz CT molecular complexity index is 513. The fraction of sp³-hybridized carbons (Fsp3) is 0.769. The number of hydrogen-bond donors (Lipinski definition) is 0. The average Bonchev–Trinajstić information content (AvgIpc) is 3.10. The summed E-state index contributed by atoms with van der Waals surface area (Å²) in [4.78, 5) is 14.3. The van der Waals surface area contributed by atoms with E-state index in [1.165, 1.54) is 7.11 Å². The SMILES string of the molecule is CCCc1nnc(N2C[C@H]3COC[C@@]3(C(=O)OC)C2)s1.Cl. The third kappa shape index (κ3) is 2.74. The normalized spacial score (nSPS) is 27.3. The molecule has 8 heteroatoms. The van der Waals surface area contributed by atoms with Crippen LogP contribution in [0.1, 0.15) is 18.4 Å². The molecule has 0 amide bonds. The molecule has 1 aromatic heterocycles. The number of fused-ring (bicyclic) bond motifs is 1. The van der Waals surface area contributed by atoms with E-state index in [-0.39, 0.29) is 24.3 Å². The van der Waals surface area contributed by atoms with E-state index in [2.05, 4.69) is 22.0 Å². The smallest absolute Gasteiger partial charge is 0.316 e. The zero-order chi connectivity index (χ0) is 14.2. The van der Waals surface area contributed by atoms with Crippen molar-refractivity contribution in [3.63, 3.8) is 0 Å². The largest absolute Gasteiger partial charge is 0.468 e. The maximum atomic E-state index is 12.1. The molecule has 3 rings (SSSR count). The van der Waals surface area contributed by atoms with Gasteiger partial charge in [-0.15, -0.1) is 22.6 Å². The summed E-state index contributed by atoms with van der Waals surface area (Å²) in [6.07, 6.45) is 2.03. The van der Waals surface area contributed by atoms with Crippen molar-refractivity contribution < 1.29 is 14.3 Å². The zero-order valence-corrected chi connectivity index (χ0v) is 13.8. The highest BCUT2D eigenvalue weighted by molar-refractivity contribution is 7.15. The van der Waals surface area contributed by atoms with E-state index >= 15 is 0 Å². The molecule has 0 unspecified atom stereocenters. The maximum absolute atomic E-state index is 12.1. The summed E-state index contributed by atoms with van der Waals surface area (Å²) in [5.74, 6) is 0.0225. The lowest BCUT2D eigenvalue weighted by atomic mass is 9.81. The number of nitrogens with zero attached hydrogens (tertiary/aromatic N) is 3. The fourth-order valence-electron chi connectivity index (χ4n) is 3.06. The van der Waals surface area contributed by atoms with Crippen LogP contribution in [-0.4, -0.2) is 49.6 Å². The maximum Gasteiger partial charge on any atom is 0.316 e. The van der Waals surface area contributed by atoms with E-state index in [9.17, 15) is 4.79 Å². The van der Waals surface area contributed by atoms with E-state index in [4.69, 9.17) is 9.47 Å². The summed E-state index contributed by atoms with van der Waals surface area (Å²) in [5.41, 5.74) is -0.522. The Balaban J connectivity index is 0.00000161. The second-order valence-electron chi connectivity index (χ2n) is 5.47. The molecule has 0 radical (unpaired) electrons. The lowest BCUT2D eigenvalue weighted by molar-refractivity contribution is -0.152. The van der Waals surface area contributed by atoms with Crippen LogP contribution in [0, 0.1) is 11.3 Å². The first-order chi connectivity index (χ1) is 9.69. The minimum atomic E-state index is -0.522. The quantitative estimate of drug-likeness (QED) is 0.779. The van der Waals surface area contributed by atoms with Crippen molar-refractivity contribution in [2.45, 2.75) is 19.8 Å². The number of ether oxygens (including phenoxy) is 2. The minimum absolute atomic E-state index is 0. The molecule has 6 nitrogen and oxygen atoms in total. The van der Waals surface area contributed by atoms with Crippen LogP contribution in [0.15, 0.2) is 0 Å². The summed E-state index contributed by atoms with van der Waals surface area (Å²) in [5, 5.41) is 10.4. The molecule has 3 heterocycles. The van der Waals surface area contributed by atoms with Gasteiger partial charge in [0.05, 0.1) is 20.3 Å². The van der Waals surface area contributed by atoms with Gasteiger partial charge in [-0.2, -0.15) is 0 Å². The number of methoxy groups -OCH3 is 1. The van der Waals surface area contributed by atoms with Crippen molar-refractivity contribution in [1.82, 2.24) is 10.2 Å². The highest BCUT2D eigenvalue weighted by atomic mass is 35.5. The molecule has 2 aliphatic rings. The van der Waals surface area contributed by atoms with Crippen LogP contribution in [0.2, 0.25) is 0 Å². The molecule has 0 N–H and O–H groups in total. The van der Waals surface area contributed by atoms with Crippen LogP contribution in [0.25, 0.3) is 0 Å². The third-order valence-electron chi connectivity index (χ3n) is 4.16. The summed E-state index contributed by atoms with van der Waals surface area (Å²) < 4.78 is 10.5. The van der Waals surface area contributed by atoms with Crippen LogP contribution >= 0.6 is 23.7 Å². The monoisotopic (exact) mass is 333 g/mol. The van der Waals surface area contributed by atoms with Crippen molar-refractivity contribution in [2.75, 3.05) is 38.3 Å². The predicted molar refractivity (Wildman–Crippen MR) is 82.1 cm³/mol. The molecule has 2 aliphatic heterocycles. The number of hydrogen-bond acceptors (Lipinski definition) is 7. The number of aryl methyl sites for hydroxylation is 1. The van der Waals surface area contributed by atoms with Gasteiger partial charge in [0, 0.05) is 25.4 Å². The average molecular weight is 334 g/mol. The Morgan fingerprint density at radius 2 is 2.38 bits per heavy atom. The van der Waals surface area contributed by atoms with Crippen molar-refractivity contribution in [3.8, 4) is 0 Å². The Morgan fingerprint density at radius 3 is 3.10 bits per heavy atom. The lowest BCUT2D eigenvalue weighted by Crippen LogP contribution is -2.40. The molecule has 2 saturated heterocycles. The molecule has 2 atom stereocenters. The summed E-state index contributed by atoms with van der Waals surface area (Å²) >= 11 is 1.62. The molecule has 21 heavy (non-hydrogen) atoms. The van der Waals surface area contributed by atoms with Gasteiger partial charge in [-0.05, 0) is 6.42 Å². The van der Waals surface area contributed by atoms with Crippen molar-refractivity contribution in [2.24, 2.45) is 11.3 Å². The molecular formula is C13H20ClN3O3S. The highest BCUT2D eigenvalue weighted by Crippen LogP contribution is 2.44. The molecule has 0 aromatic carbocycles. The Kier molecular flexibility index (Phi) is 5.06. The standard InChI is InChI=1S/C13H19N3O3S.ClH/c1-3-4-10-14-15-12(20-10)16-5-9-6-19-8-13(9,7-16)11(17)18-2;/h9H,3-8H2,1-2H3;1H/t9-,13-;/m0./s1. The molecule has 0 spiro atoms. The predicted octanol–water partition coefficient (Wildman–Crippen LogP) is 1.54. The minimum Gasteiger partial charge on any atom is -0.468 e. The summed E-state index contributed by atoms with van der Waals surface area (Å²) in [7, 11) is 1.44. The van der Waals surface area contributed by atoms with Gasteiger partial charge in [-0.3, -0.25) is 4.79 Å². The van der Waals surface area contributed by atoms with Crippen LogP contribution in [0.3, 0.4) is 0 Å². The van der Waals surface area contributed by atoms with E-state index in [1.54, 1.807) is 11.3 Å². The van der Waals surface area contributed by atoms with Gasteiger partial charge >= 0.3 is 5.97 Å². The molecule has 1 aromatic rings. The van der Waals surface area contributed by atoms with Crippen LogP contribution in [0.4, 0.5) is 5.13 Å². The van der Waals surface area contributed by atoms with Gasteiger partial charge in [-0.1, -0.05) is 18.3 Å². The van der Waals surface area contributed by atoms with Gasteiger partial charge < -0.3 is 14.4 Å². The van der Waals surface area contributed by atoms with E-state index in [0.717, 1.165) is 29.5 Å². The summed E-state index contributed by atoms with van der Waals surface area (Å²) in [6.45, 7) is 4.60. The van der Waals surface area contributed by atoms with Crippen LogP contribution in [-0.2, 0) is 20.7 Å². The third-order valence-corrected chi connectivity index (χ3v) is 5.20. The Hall–Kier alpha value is -0.920. The van der Waals surface area contributed by atoms with Crippen molar-refractivity contribution in [3.05, 3.63) is 5.01 Å². The Morgan fingerprint density at radius 1 is 1.57 bits per heavy atom. The number of anilines is 1. The molecule has 0 aliphatic carbocycles. The first-order valence-corrected chi connectivity index (χ1v) is 7.74. The molecule has 118 valence electrons. The van der Waals surface area contributed by atoms with E-state index in [0.29, 0.717) is 19.8 Å². The van der Waals surface area contributed by atoms with E-state index < -0.39 is 5.41 Å². The number of halogens is 1. The lowest BCUT2D eigenvalue weighted by Gasteiger charge is -2.23. The fourth-order valence-corrected chi connectivity index (χ4v) is 4.01. The van der Waals surface area contributed by atoms with Gasteiger partial charge in [0.2, 0.25) is 5.13 Å². The van der Waals surface area contributed by atoms with Gasteiger partial charge in [0.1, 0.15) is 10.4 Å². The second kappa shape index (κ2) is 6.46. The van der Waals surface area contributed by atoms with Crippen molar-refractivity contribution >= 4 is 34.8 Å². The Labute approximate surface area is 134 Å².